The summed E-state index contributed by atoms with van der Waals surface area (Å²) in [4.78, 5) is 53.3. The standard InChI is InChI=1S/C27H34N2O4S2.C21H28N2O4/c1-3-33-26(31)27(12-15-28(16-13-27)17-19-35-25-6-4-18-34-25)11-5-14-29-23-20-22(32-2)9-7-21(23)8-10-24(29)30;1-3-27-20(25)21(10-12-22-13-11-21)9-4-14-23-18-15-17(26-2)7-5-16(18)6-8-19(23)24/h4,6-10,18,20H,3,5,11-17,19H2,1-2H3;5-8,15,22H,3-4,9-14H2,1-2H3. The lowest BCUT2D eigenvalue weighted by molar-refractivity contribution is -0.159. The van der Waals surface area contributed by atoms with Crippen LogP contribution in [0.5, 0.6) is 11.5 Å². The van der Waals surface area contributed by atoms with Crippen molar-refractivity contribution in [3.05, 3.63) is 98.9 Å². The molecule has 2 saturated heterocycles. The fourth-order valence-corrected chi connectivity index (χ4v) is 10.7. The van der Waals surface area contributed by atoms with Gasteiger partial charge in [0, 0.05) is 49.7 Å². The first-order valence-corrected chi connectivity index (χ1v) is 23.8. The van der Waals surface area contributed by atoms with Gasteiger partial charge in [-0.1, -0.05) is 6.07 Å². The molecule has 3 aromatic heterocycles. The number of carbonyl (C=O) groups is 2. The molecule has 12 nitrogen and oxygen atoms in total. The van der Waals surface area contributed by atoms with Gasteiger partial charge in [0.15, 0.2) is 0 Å². The Balaban J connectivity index is 0.000000214. The number of aromatic nitrogens is 2. The first kappa shape index (κ1) is 46.9. The topological polar surface area (TPSA) is 130 Å². The van der Waals surface area contributed by atoms with Gasteiger partial charge >= 0.3 is 11.9 Å². The molecule has 0 atom stereocenters. The second kappa shape index (κ2) is 22.6. The van der Waals surface area contributed by atoms with Gasteiger partial charge in [0.2, 0.25) is 0 Å². The van der Waals surface area contributed by atoms with E-state index in [1.165, 1.54) is 4.21 Å². The maximum Gasteiger partial charge on any atom is 0.312 e. The Morgan fingerprint density at radius 2 is 1.19 bits per heavy atom. The van der Waals surface area contributed by atoms with Crippen molar-refractivity contribution in [3.8, 4) is 11.5 Å². The van der Waals surface area contributed by atoms with E-state index in [-0.39, 0.29) is 23.1 Å². The zero-order valence-electron chi connectivity index (χ0n) is 36.7. The second-order valence-corrected chi connectivity index (χ2v) is 18.4. The minimum absolute atomic E-state index is 0.0333. The van der Waals surface area contributed by atoms with Crippen LogP contribution >= 0.6 is 23.1 Å². The molecule has 62 heavy (non-hydrogen) atoms. The van der Waals surface area contributed by atoms with Gasteiger partial charge in [-0.05, 0) is 150 Å². The van der Waals surface area contributed by atoms with Crippen molar-refractivity contribution in [2.24, 2.45) is 10.8 Å². The van der Waals surface area contributed by atoms with Gasteiger partial charge in [-0.25, -0.2) is 0 Å². The van der Waals surface area contributed by atoms with Crippen LogP contribution in [0.4, 0.5) is 0 Å². The van der Waals surface area contributed by atoms with E-state index in [4.69, 9.17) is 18.9 Å². The molecule has 7 rings (SSSR count). The predicted octanol–water partition coefficient (Wildman–Crippen LogP) is 8.01. The summed E-state index contributed by atoms with van der Waals surface area (Å²) < 4.78 is 26.5. The number of methoxy groups -OCH3 is 2. The lowest BCUT2D eigenvalue weighted by atomic mass is 9.74. The number of hydrogen-bond acceptors (Lipinski definition) is 12. The summed E-state index contributed by atoms with van der Waals surface area (Å²) in [7, 11) is 3.25. The Morgan fingerprint density at radius 1 is 0.694 bits per heavy atom. The number of thiophene rings is 1. The number of pyridine rings is 2. The number of nitrogens with zero attached hydrogens (tertiary/aromatic N) is 3. The lowest BCUT2D eigenvalue weighted by Gasteiger charge is -2.40. The Labute approximate surface area is 372 Å². The van der Waals surface area contributed by atoms with Crippen LogP contribution in [0.1, 0.15) is 65.2 Å². The van der Waals surface area contributed by atoms with Crippen molar-refractivity contribution in [1.82, 2.24) is 19.4 Å². The summed E-state index contributed by atoms with van der Waals surface area (Å²) in [5.74, 6) is 2.33. The van der Waals surface area contributed by atoms with Crippen LogP contribution in [0.2, 0.25) is 0 Å². The number of ether oxygens (including phenoxy) is 4. The van der Waals surface area contributed by atoms with E-state index < -0.39 is 10.8 Å². The minimum atomic E-state index is -0.473. The van der Waals surface area contributed by atoms with Crippen molar-refractivity contribution in [1.29, 1.82) is 0 Å². The number of aryl methyl sites for hydroxylation is 2. The van der Waals surface area contributed by atoms with Crippen LogP contribution in [-0.4, -0.2) is 91.9 Å². The van der Waals surface area contributed by atoms with E-state index in [9.17, 15) is 19.2 Å². The molecule has 0 radical (unpaired) electrons. The number of hydrogen-bond donors (Lipinski definition) is 1. The highest BCUT2D eigenvalue weighted by Crippen LogP contribution is 2.39. The summed E-state index contributed by atoms with van der Waals surface area (Å²) >= 11 is 3.68. The average molecular weight is 887 g/mol. The van der Waals surface area contributed by atoms with E-state index in [0.717, 1.165) is 123 Å². The van der Waals surface area contributed by atoms with Crippen molar-refractivity contribution in [2.75, 3.05) is 65.9 Å². The Morgan fingerprint density at radius 3 is 1.66 bits per heavy atom. The summed E-state index contributed by atoms with van der Waals surface area (Å²) in [6.45, 7) is 10.1. The third kappa shape index (κ3) is 11.7. The van der Waals surface area contributed by atoms with Gasteiger partial charge < -0.3 is 38.3 Å². The predicted molar refractivity (Wildman–Crippen MR) is 249 cm³/mol. The molecule has 5 heterocycles. The van der Waals surface area contributed by atoms with Gasteiger partial charge in [0.1, 0.15) is 11.5 Å². The maximum absolute atomic E-state index is 13.1. The second-order valence-electron chi connectivity index (χ2n) is 16.1. The molecule has 2 aliphatic rings. The molecule has 0 aliphatic carbocycles. The van der Waals surface area contributed by atoms with Crippen LogP contribution in [0.25, 0.3) is 21.8 Å². The highest BCUT2D eigenvalue weighted by atomic mass is 32.2. The molecule has 2 aromatic carbocycles. The fourth-order valence-electron chi connectivity index (χ4n) is 8.81. The summed E-state index contributed by atoms with van der Waals surface area (Å²) in [6, 6.07) is 22.7. The van der Waals surface area contributed by atoms with Gasteiger partial charge in [0.25, 0.3) is 11.1 Å². The Bertz CT molecular complexity index is 2350. The molecular formula is C48H62N4O8S2. The quantitative estimate of drug-likeness (QED) is 0.0679. The fraction of sp³-hybridized carbons (Fsp3) is 0.500. The van der Waals surface area contributed by atoms with Crippen molar-refractivity contribution in [3.63, 3.8) is 0 Å². The lowest BCUT2D eigenvalue weighted by Crippen LogP contribution is -2.46. The molecule has 14 heteroatoms. The molecule has 0 saturated carbocycles. The normalized spacial score (nSPS) is 16.0. The molecule has 334 valence electrons. The van der Waals surface area contributed by atoms with E-state index in [0.29, 0.717) is 26.3 Å². The first-order valence-electron chi connectivity index (χ1n) is 21.9. The van der Waals surface area contributed by atoms with Crippen LogP contribution < -0.4 is 25.9 Å². The SMILES string of the molecule is CCOC(=O)C1(CCCn2c(=O)ccc3ccc(OC)cc32)CCN(CCSc2cccs2)CC1.CCOC(=O)C1(CCCn2c(=O)ccc3ccc(OC)cc32)CCNCC1. The number of esters is 2. The average Bonchev–Trinajstić information content (AvgIpc) is 3.82. The smallest absolute Gasteiger partial charge is 0.312 e. The molecule has 0 unspecified atom stereocenters. The third-order valence-electron chi connectivity index (χ3n) is 12.4. The van der Waals surface area contributed by atoms with Gasteiger partial charge in [-0.3, -0.25) is 19.2 Å². The monoisotopic (exact) mass is 886 g/mol. The third-order valence-corrected chi connectivity index (χ3v) is 14.5. The van der Waals surface area contributed by atoms with Gasteiger partial charge in [-0.2, -0.15) is 0 Å². The number of likely N-dealkylation sites (tertiary alicyclic amines) is 1. The molecule has 0 amide bonds. The molecule has 0 bridgehead atoms. The van der Waals surface area contributed by atoms with E-state index in [1.807, 2.05) is 74.1 Å². The zero-order chi connectivity index (χ0) is 44.0. The number of fused-ring (bicyclic) bond motifs is 2. The number of carbonyl (C=O) groups excluding carboxylic acids is 2. The van der Waals surface area contributed by atoms with Crippen molar-refractivity contribution >= 4 is 56.8 Å². The number of piperidine rings is 2. The molecule has 0 spiro atoms. The summed E-state index contributed by atoms with van der Waals surface area (Å²) in [6.07, 6.45) is 6.09. The first-order chi connectivity index (χ1) is 30.1. The van der Waals surface area contributed by atoms with Crippen LogP contribution in [0.15, 0.2) is 92.0 Å². The zero-order valence-corrected chi connectivity index (χ0v) is 38.3. The van der Waals surface area contributed by atoms with Crippen molar-refractivity contribution in [2.45, 2.75) is 82.5 Å². The highest BCUT2D eigenvalue weighted by Gasteiger charge is 2.42. The van der Waals surface area contributed by atoms with E-state index in [1.54, 1.807) is 46.8 Å². The van der Waals surface area contributed by atoms with E-state index in [2.05, 4.69) is 27.7 Å². The molecule has 2 aliphatic heterocycles. The maximum atomic E-state index is 13.1. The van der Waals surface area contributed by atoms with Crippen molar-refractivity contribution < 1.29 is 28.5 Å². The van der Waals surface area contributed by atoms with Gasteiger partial charge in [0.05, 0.1) is 53.5 Å². The summed E-state index contributed by atoms with van der Waals surface area (Å²) in [5.41, 5.74) is 0.740. The largest absolute Gasteiger partial charge is 0.497 e. The molecule has 2 fully saturated rings. The number of thioether (sulfide) groups is 1. The highest BCUT2D eigenvalue weighted by molar-refractivity contribution is 8.01. The van der Waals surface area contributed by atoms with E-state index >= 15 is 0 Å². The number of nitrogens with one attached hydrogen (secondary N) is 1. The molecule has 1 N–H and O–H groups in total. The molecular weight excluding hydrogens is 825 g/mol. The van der Waals surface area contributed by atoms with Crippen LogP contribution in [0.3, 0.4) is 0 Å². The minimum Gasteiger partial charge on any atom is -0.497 e. The number of rotatable bonds is 18. The molecule has 5 aromatic rings. The number of benzene rings is 2. The van der Waals surface area contributed by atoms with Crippen LogP contribution in [0, 0.1) is 10.8 Å². The Hall–Kier alpha value is -4.63. The summed E-state index contributed by atoms with van der Waals surface area (Å²) in [5, 5.41) is 7.42. The Kier molecular flexibility index (Phi) is 17.1. The van der Waals surface area contributed by atoms with Crippen LogP contribution in [-0.2, 0) is 32.2 Å². The van der Waals surface area contributed by atoms with Gasteiger partial charge in [-0.15, -0.1) is 23.1 Å².